The SMILES string of the molecule is CNc1ncc(S(=O)(=O)NCCCS(N)(=O)=O)cn1. The first-order valence-corrected chi connectivity index (χ1v) is 8.44. The molecule has 4 N–H and O–H groups in total. The fourth-order valence-corrected chi connectivity index (χ4v) is 2.66. The molecule has 0 aliphatic carbocycles. The quantitative estimate of drug-likeness (QED) is 0.518. The number of nitrogens with two attached hydrogens (primary N) is 1. The van der Waals surface area contributed by atoms with Crippen LogP contribution in [0.15, 0.2) is 17.3 Å². The molecule has 0 aliphatic rings. The number of nitrogens with one attached hydrogen (secondary N) is 2. The lowest BCUT2D eigenvalue weighted by molar-refractivity contribution is 0.576. The van der Waals surface area contributed by atoms with Crippen molar-refractivity contribution in [2.45, 2.75) is 11.3 Å². The van der Waals surface area contributed by atoms with E-state index in [4.69, 9.17) is 5.14 Å². The Labute approximate surface area is 111 Å². The Morgan fingerprint density at radius 2 is 1.79 bits per heavy atom. The third kappa shape index (κ3) is 5.46. The third-order valence-corrected chi connectivity index (χ3v) is 4.33. The van der Waals surface area contributed by atoms with Crippen LogP contribution in [-0.2, 0) is 20.0 Å². The topological polar surface area (TPSA) is 144 Å². The minimum absolute atomic E-state index is 0.0352. The van der Waals surface area contributed by atoms with Crippen LogP contribution in [-0.4, -0.2) is 46.1 Å². The number of nitrogens with zero attached hydrogens (tertiary/aromatic N) is 2. The van der Waals surface area contributed by atoms with E-state index in [9.17, 15) is 16.8 Å². The summed E-state index contributed by atoms with van der Waals surface area (Å²) in [6, 6.07) is 0. The first-order chi connectivity index (χ1) is 8.74. The van der Waals surface area contributed by atoms with Crippen LogP contribution in [0, 0.1) is 0 Å². The van der Waals surface area contributed by atoms with Gasteiger partial charge in [-0.05, 0) is 6.42 Å². The Morgan fingerprint density at radius 1 is 1.21 bits per heavy atom. The normalized spacial score (nSPS) is 12.3. The number of aromatic nitrogens is 2. The van der Waals surface area contributed by atoms with Gasteiger partial charge in [-0.1, -0.05) is 0 Å². The van der Waals surface area contributed by atoms with Gasteiger partial charge in [0.05, 0.1) is 18.1 Å². The van der Waals surface area contributed by atoms with Crippen molar-refractivity contribution in [2.75, 3.05) is 24.7 Å². The number of anilines is 1. The average molecular weight is 309 g/mol. The van der Waals surface area contributed by atoms with E-state index in [0.717, 1.165) is 12.4 Å². The van der Waals surface area contributed by atoms with E-state index in [2.05, 4.69) is 20.0 Å². The molecule has 1 aromatic heterocycles. The maximum Gasteiger partial charge on any atom is 0.243 e. The second kappa shape index (κ2) is 6.23. The van der Waals surface area contributed by atoms with Crippen LogP contribution in [0.5, 0.6) is 0 Å². The lowest BCUT2D eigenvalue weighted by Crippen LogP contribution is -2.27. The van der Waals surface area contributed by atoms with Crippen LogP contribution in [0.4, 0.5) is 5.95 Å². The molecule has 1 heterocycles. The second-order valence-electron chi connectivity index (χ2n) is 3.61. The Kier molecular flexibility index (Phi) is 5.17. The van der Waals surface area contributed by atoms with Gasteiger partial charge in [0.25, 0.3) is 0 Å². The summed E-state index contributed by atoms with van der Waals surface area (Å²) >= 11 is 0. The molecule has 0 spiro atoms. The van der Waals surface area contributed by atoms with Gasteiger partial charge < -0.3 is 5.32 Å². The fourth-order valence-electron chi connectivity index (χ4n) is 1.15. The minimum atomic E-state index is -3.74. The zero-order valence-corrected chi connectivity index (χ0v) is 11.8. The van der Waals surface area contributed by atoms with Crippen molar-refractivity contribution in [2.24, 2.45) is 5.14 Å². The van der Waals surface area contributed by atoms with Gasteiger partial charge in [0.2, 0.25) is 26.0 Å². The molecule has 0 saturated carbocycles. The Hall–Kier alpha value is -1.30. The maximum absolute atomic E-state index is 11.8. The van der Waals surface area contributed by atoms with Crippen molar-refractivity contribution < 1.29 is 16.8 Å². The molecule has 0 fully saturated rings. The summed E-state index contributed by atoms with van der Waals surface area (Å²) in [5.41, 5.74) is 0. The number of rotatable bonds is 7. The molecule has 0 aromatic carbocycles. The van der Waals surface area contributed by atoms with E-state index >= 15 is 0 Å². The summed E-state index contributed by atoms with van der Waals surface area (Å²) in [6.45, 7) is -0.0352. The van der Waals surface area contributed by atoms with Gasteiger partial charge >= 0.3 is 0 Å². The number of hydrogen-bond acceptors (Lipinski definition) is 7. The van der Waals surface area contributed by atoms with E-state index in [1.54, 1.807) is 7.05 Å². The van der Waals surface area contributed by atoms with Gasteiger partial charge in [0.1, 0.15) is 4.90 Å². The molecular weight excluding hydrogens is 294 g/mol. The summed E-state index contributed by atoms with van der Waals surface area (Å²) in [5, 5.41) is 7.45. The van der Waals surface area contributed by atoms with Crippen molar-refractivity contribution >= 4 is 26.0 Å². The summed E-state index contributed by atoms with van der Waals surface area (Å²) in [4.78, 5) is 7.45. The molecule has 11 heteroatoms. The molecule has 0 unspecified atom stereocenters. The predicted octanol–water partition coefficient (Wildman–Crippen LogP) is -1.52. The summed E-state index contributed by atoms with van der Waals surface area (Å²) in [6.07, 6.45) is 2.40. The van der Waals surface area contributed by atoms with Gasteiger partial charge in [-0.15, -0.1) is 0 Å². The average Bonchev–Trinajstić information content (AvgIpc) is 2.34. The van der Waals surface area contributed by atoms with Crippen LogP contribution < -0.4 is 15.2 Å². The fraction of sp³-hybridized carbons (Fsp3) is 0.500. The van der Waals surface area contributed by atoms with E-state index in [1.165, 1.54) is 0 Å². The molecule has 0 atom stereocenters. The lowest BCUT2D eigenvalue weighted by atomic mass is 10.5. The predicted molar refractivity (Wildman–Crippen MR) is 69.4 cm³/mol. The van der Waals surface area contributed by atoms with Crippen LogP contribution in [0.1, 0.15) is 6.42 Å². The second-order valence-corrected chi connectivity index (χ2v) is 7.11. The van der Waals surface area contributed by atoms with E-state index in [0.29, 0.717) is 5.95 Å². The third-order valence-electron chi connectivity index (χ3n) is 2.06. The highest BCUT2D eigenvalue weighted by Crippen LogP contribution is 2.06. The molecule has 0 saturated heterocycles. The highest BCUT2D eigenvalue weighted by atomic mass is 32.2. The van der Waals surface area contributed by atoms with Crippen LogP contribution in [0.25, 0.3) is 0 Å². The molecule has 0 radical (unpaired) electrons. The number of primary sulfonamides is 1. The van der Waals surface area contributed by atoms with Crippen LogP contribution >= 0.6 is 0 Å². The Balaban J connectivity index is 2.60. The standard InChI is InChI=1S/C8H15N5O4S2/c1-10-8-11-5-7(6-12-8)19(16,17)13-3-2-4-18(9,14)15/h5-6,13H,2-4H2,1H3,(H2,9,14,15)(H,10,11,12). The van der Waals surface area contributed by atoms with Crippen molar-refractivity contribution in [3.8, 4) is 0 Å². The number of sulfonamides is 2. The van der Waals surface area contributed by atoms with Gasteiger partial charge in [-0.25, -0.2) is 36.7 Å². The smallest absolute Gasteiger partial charge is 0.243 e. The van der Waals surface area contributed by atoms with Gasteiger partial charge in [0, 0.05) is 13.6 Å². The number of hydrogen-bond donors (Lipinski definition) is 3. The monoisotopic (exact) mass is 309 g/mol. The molecule has 0 aliphatic heterocycles. The molecule has 1 aromatic rings. The lowest BCUT2D eigenvalue weighted by Gasteiger charge is -2.06. The van der Waals surface area contributed by atoms with Gasteiger partial charge in [0.15, 0.2) is 0 Å². The summed E-state index contributed by atoms with van der Waals surface area (Å²) in [7, 11) is -5.72. The Morgan fingerprint density at radius 3 is 2.26 bits per heavy atom. The van der Waals surface area contributed by atoms with E-state index < -0.39 is 20.0 Å². The zero-order chi connectivity index (χ0) is 14.5. The molecule has 108 valence electrons. The minimum Gasteiger partial charge on any atom is -0.357 e. The van der Waals surface area contributed by atoms with Crippen LogP contribution in [0.3, 0.4) is 0 Å². The Bertz CT molecular complexity index is 611. The maximum atomic E-state index is 11.8. The molecule has 19 heavy (non-hydrogen) atoms. The van der Waals surface area contributed by atoms with Crippen molar-refractivity contribution in [3.05, 3.63) is 12.4 Å². The summed E-state index contributed by atoms with van der Waals surface area (Å²) in [5.74, 6) is 0.0122. The molecule has 9 nitrogen and oxygen atoms in total. The first kappa shape index (κ1) is 15.8. The molecular formula is C8H15N5O4S2. The first-order valence-electron chi connectivity index (χ1n) is 5.24. The molecule has 1 rings (SSSR count). The van der Waals surface area contributed by atoms with Gasteiger partial charge in [-0.2, -0.15) is 0 Å². The molecule has 0 amide bonds. The van der Waals surface area contributed by atoms with Crippen molar-refractivity contribution in [1.82, 2.24) is 14.7 Å². The highest BCUT2D eigenvalue weighted by Gasteiger charge is 2.14. The zero-order valence-electron chi connectivity index (χ0n) is 10.2. The largest absolute Gasteiger partial charge is 0.357 e. The van der Waals surface area contributed by atoms with Crippen molar-refractivity contribution in [1.29, 1.82) is 0 Å². The van der Waals surface area contributed by atoms with Gasteiger partial charge in [-0.3, -0.25) is 0 Å². The van der Waals surface area contributed by atoms with E-state index in [1.807, 2.05) is 0 Å². The summed E-state index contributed by atoms with van der Waals surface area (Å²) < 4.78 is 47.1. The van der Waals surface area contributed by atoms with Crippen molar-refractivity contribution in [3.63, 3.8) is 0 Å². The molecule has 0 bridgehead atoms. The van der Waals surface area contributed by atoms with E-state index in [-0.39, 0.29) is 23.6 Å². The highest BCUT2D eigenvalue weighted by molar-refractivity contribution is 7.89. The van der Waals surface area contributed by atoms with Crippen LogP contribution in [0.2, 0.25) is 0 Å².